The molecule has 0 aliphatic carbocycles. The minimum atomic E-state index is 0. The van der Waals surface area contributed by atoms with Crippen molar-refractivity contribution in [2.75, 3.05) is 20.6 Å². The van der Waals surface area contributed by atoms with E-state index < -0.39 is 0 Å². The molecule has 0 amide bonds. The molecule has 0 spiro atoms. The van der Waals surface area contributed by atoms with E-state index in [1.54, 1.807) is 0 Å². The van der Waals surface area contributed by atoms with Crippen molar-refractivity contribution in [3.8, 4) is 0 Å². The van der Waals surface area contributed by atoms with Gasteiger partial charge in [0.05, 0.1) is 26.4 Å². The minimum absolute atomic E-state index is 0. The van der Waals surface area contributed by atoms with E-state index in [1.807, 2.05) is 31.2 Å². The monoisotopic (exact) mass is 242 g/mol. The van der Waals surface area contributed by atoms with Crippen molar-refractivity contribution in [3.63, 3.8) is 0 Å². The molecule has 0 saturated heterocycles. The van der Waals surface area contributed by atoms with Crippen LogP contribution in [-0.2, 0) is 0 Å². The number of hydrogen-bond donors (Lipinski definition) is 2. The van der Waals surface area contributed by atoms with Gasteiger partial charge in [0.15, 0.2) is 0 Å². The van der Waals surface area contributed by atoms with Gasteiger partial charge in [0, 0.05) is 6.42 Å². The van der Waals surface area contributed by atoms with Crippen LogP contribution in [0.1, 0.15) is 17.5 Å². The highest BCUT2D eigenvalue weighted by molar-refractivity contribution is 6.00. The fourth-order valence-electron chi connectivity index (χ4n) is 1.37. The first-order chi connectivity index (χ1) is 7.13. The summed E-state index contributed by atoms with van der Waals surface area (Å²) in [5, 5.41) is 12.3. The van der Waals surface area contributed by atoms with Gasteiger partial charge in [-0.25, -0.2) is 0 Å². The normalized spacial score (nSPS) is 11.4. The van der Waals surface area contributed by atoms with E-state index in [2.05, 4.69) is 19.3 Å². The number of nitrogens with zero attached hydrogens (tertiary/aromatic N) is 1. The molecule has 1 aromatic rings. The fourth-order valence-corrected chi connectivity index (χ4v) is 1.37. The number of aryl methyl sites for hydroxylation is 1. The number of hydrogen-bond acceptors (Lipinski definition) is 2. The predicted octanol–water partition coefficient (Wildman–Crippen LogP) is -2.29. The van der Waals surface area contributed by atoms with Gasteiger partial charge in [-0.05, 0) is 12.5 Å². The molecule has 0 unspecified atom stereocenters. The standard InChI is InChI=1S/C12H18N2O.ClH/c1-10-4-6-11(7-5-10)12(13-15)8-9-14(2)3;/h4-7,15H,8-9H2,1-3H3;1H/b13-12+;. The van der Waals surface area contributed by atoms with E-state index in [0.29, 0.717) is 0 Å². The Bertz CT molecular complexity index is 333. The number of rotatable bonds is 4. The molecule has 0 radical (unpaired) electrons. The highest BCUT2D eigenvalue weighted by Crippen LogP contribution is 2.06. The van der Waals surface area contributed by atoms with E-state index in [4.69, 9.17) is 5.21 Å². The van der Waals surface area contributed by atoms with Crippen LogP contribution in [-0.4, -0.2) is 31.6 Å². The summed E-state index contributed by atoms with van der Waals surface area (Å²) in [6.07, 6.45) is 0.794. The molecule has 1 aromatic carbocycles. The summed E-state index contributed by atoms with van der Waals surface area (Å²) in [6.45, 7) is 3.01. The van der Waals surface area contributed by atoms with Crippen LogP contribution in [0.25, 0.3) is 0 Å². The van der Waals surface area contributed by atoms with Crippen molar-refractivity contribution in [2.45, 2.75) is 13.3 Å². The minimum Gasteiger partial charge on any atom is -1.00 e. The topological polar surface area (TPSA) is 37.0 Å². The maximum atomic E-state index is 8.94. The van der Waals surface area contributed by atoms with Gasteiger partial charge in [-0.3, -0.25) is 0 Å². The van der Waals surface area contributed by atoms with Crippen molar-refractivity contribution in [2.24, 2.45) is 5.16 Å². The fraction of sp³-hybridized carbons (Fsp3) is 0.417. The Hall–Kier alpha value is -1.06. The number of nitrogens with one attached hydrogen (secondary N) is 1. The molecule has 4 heteroatoms. The van der Waals surface area contributed by atoms with Crippen LogP contribution >= 0.6 is 0 Å². The molecule has 0 atom stereocenters. The van der Waals surface area contributed by atoms with Crippen LogP contribution in [0.3, 0.4) is 0 Å². The molecule has 1 rings (SSSR count). The van der Waals surface area contributed by atoms with Crippen LogP contribution in [0.15, 0.2) is 29.4 Å². The van der Waals surface area contributed by atoms with E-state index in [0.717, 1.165) is 24.2 Å². The van der Waals surface area contributed by atoms with Gasteiger partial charge in [-0.2, -0.15) is 0 Å². The maximum Gasteiger partial charge on any atom is 0.0923 e. The Labute approximate surface area is 103 Å². The molecule has 3 nitrogen and oxygen atoms in total. The van der Waals surface area contributed by atoms with Gasteiger partial charge < -0.3 is 22.5 Å². The van der Waals surface area contributed by atoms with E-state index in [-0.39, 0.29) is 12.4 Å². The van der Waals surface area contributed by atoms with Crippen LogP contribution in [0.5, 0.6) is 0 Å². The van der Waals surface area contributed by atoms with Crippen LogP contribution in [0.4, 0.5) is 0 Å². The van der Waals surface area contributed by atoms with Crippen molar-refractivity contribution in [3.05, 3.63) is 35.4 Å². The Morgan fingerprint density at radius 3 is 2.25 bits per heavy atom. The highest BCUT2D eigenvalue weighted by atomic mass is 35.5. The van der Waals surface area contributed by atoms with E-state index >= 15 is 0 Å². The summed E-state index contributed by atoms with van der Waals surface area (Å²) in [7, 11) is 4.17. The first-order valence-corrected chi connectivity index (χ1v) is 5.20. The lowest BCUT2D eigenvalue weighted by Crippen LogP contribution is -3.05. The third-order valence-corrected chi connectivity index (χ3v) is 2.37. The summed E-state index contributed by atoms with van der Waals surface area (Å²) >= 11 is 0. The molecule has 16 heavy (non-hydrogen) atoms. The Kier molecular flexibility index (Phi) is 6.77. The zero-order valence-corrected chi connectivity index (χ0v) is 10.8. The van der Waals surface area contributed by atoms with Gasteiger partial charge in [-0.15, -0.1) is 0 Å². The third-order valence-electron chi connectivity index (χ3n) is 2.37. The number of quaternary nitrogens is 1. The van der Waals surface area contributed by atoms with Crippen LogP contribution in [0.2, 0.25) is 0 Å². The zero-order valence-electron chi connectivity index (χ0n) is 10.00. The van der Waals surface area contributed by atoms with E-state index in [9.17, 15) is 0 Å². The predicted molar refractivity (Wildman–Crippen MR) is 61.8 cm³/mol. The number of benzene rings is 1. The molecule has 0 aliphatic heterocycles. The number of oxime groups is 1. The van der Waals surface area contributed by atoms with Crippen LogP contribution < -0.4 is 17.3 Å². The first-order valence-electron chi connectivity index (χ1n) is 5.20. The first kappa shape index (κ1) is 14.9. The lowest BCUT2D eigenvalue weighted by molar-refractivity contribution is -0.857. The van der Waals surface area contributed by atoms with Crippen molar-refractivity contribution < 1.29 is 22.5 Å². The van der Waals surface area contributed by atoms with Crippen LogP contribution in [0, 0.1) is 6.92 Å². The average molecular weight is 243 g/mol. The summed E-state index contributed by atoms with van der Waals surface area (Å²) in [4.78, 5) is 1.35. The Balaban J connectivity index is 0.00000225. The van der Waals surface area contributed by atoms with Crippen molar-refractivity contribution in [1.29, 1.82) is 0 Å². The summed E-state index contributed by atoms with van der Waals surface area (Å²) in [6, 6.07) is 8.05. The van der Waals surface area contributed by atoms with E-state index in [1.165, 1.54) is 10.5 Å². The lowest BCUT2D eigenvalue weighted by atomic mass is 10.1. The molecule has 0 saturated carbocycles. The number of halogens is 1. The summed E-state index contributed by atoms with van der Waals surface area (Å²) < 4.78 is 0. The highest BCUT2D eigenvalue weighted by Gasteiger charge is 2.06. The summed E-state index contributed by atoms with van der Waals surface area (Å²) in [5.74, 6) is 0. The van der Waals surface area contributed by atoms with Gasteiger partial charge in [-0.1, -0.05) is 35.0 Å². The third kappa shape index (κ3) is 4.64. The average Bonchev–Trinajstić information content (AvgIpc) is 2.21. The molecule has 0 fully saturated rings. The molecule has 90 valence electrons. The SMILES string of the molecule is Cc1ccc(/C(CC[NH+](C)C)=N/O)cc1.[Cl-]. The van der Waals surface area contributed by atoms with Crippen molar-refractivity contribution in [1.82, 2.24) is 0 Å². The largest absolute Gasteiger partial charge is 1.00 e. The smallest absolute Gasteiger partial charge is 0.0923 e. The molecule has 0 heterocycles. The maximum absolute atomic E-state index is 8.94. The van der Waals surface area contributed by atoms with Gasteiger partial charge >= 0.3 is 0 Å². The van der Waals surface area contributed by atoms with Gasteiger partial charge in [0.1, 0.15) is 0 Å². The Morgan fingerprint density at radius 1 is 1.25 bits per heavy atom. The second-order valence-corrected chi connectivity index (χ2v) is 4.12. The zero-order chi connectivity index (χ0) is 11.3. The molecular formula is C12H19ClN2O. The molecule has 0 aromatic heterocycles. The Morgan fingerprint density at radius 2 is 1.81 bits per heavy atom. The molecule has 0 aliphatic rings. The second kappa shape index (κ2) is 7.25. The lowest BCUT2D eigenvalue weighted by Gasteiger charge is -2.08. The second-order valence-electron chi connectivity index (χ2n) is 4.12. The molecule has 2 N–H and O–H groups in total. The quantitative estimate of drug-likeness (QED) is 0.348. The molecular weight excluding hydrogens is 224 g/mol. The molecule has 0 bridgehead atoms. The van der Waals surface area contributed by atoms with Gasteiger partial charge in [0.2, 0.25) is 0 Å². The summed E-state index contributed by atoms with van der Waals surface area (Å²) in [5.41, 5.74) is 2.98. The van der Waals surface area contributed by atoms with Gasteiger partial charge in [0.25, 0.3) is 0 Å². The van der Waals surface area contributed by atoms with Crippen molar-refractivity contribution >= 4 is 5.71 Å².